The van der Waals surface area contributed by atoms with Crippen molar-refractivity contribution >= 4 is 21.6 Å². The first-order valence-electron chi connectivity index (χ1n) is 7.54. The van der Waals surface area contributed by atoms with Crippen molar-refractivity contribution in [1.29, 1.82) is 0 Å². The van der Waals surface area contributed by atoms with E-state index in [1.807, 2.05) is 0 Å². The van der Waals surface area contributed by atoms with Crippen LogP contribution in [0.2, 0.25) is 0 Å². The van der Waals surface area contributed by atoms with E-state index in [0.717, 1.165) is 16.4 Å². The maximum absolute atomic E-state index is 5.93. The lowest BCUT2D eigenvalue weighted by Crippen LogP contribution is -2.47. The predicted molar refractivity (Wildman–Crippen MR) is 84.4 cm³/mol. The van der Waals surface area contributed by atoms with Crippen LogP contribution in [0.15, 0.2) is 22.7 Å². The molecule has 1 saturated carbocycles. The van der Waals surface area contributed by atoms with Gasteiger partial charge >= 0.3 is 0 Å². The highest BCUT2D eigenvalue weighted by Crippen LogP contribution is 2.39. The second kappa shape index (κ2) is 5.84. The molecule has 1 saturated heterocycles. The molecule has 104 valence electrons. The van der Waals surface area contributed by atoms with Gasteiger partial charge in [0.2, 0.25) is 0 Å². The van der Waals surface area contributed by atoms with Crippen LogP contribution in [-0.2, 0) is 6.54 Å². The lowest BCUT2D eigenvalue weighted by Gasteiger charge is -2.46. The zero-order valence-electron chi connectivity index (χ0n) is 11.4. The van der Waals surface area contributed by atoms with Gasteiger partial charge in [0.25, 0.3) is 0 Å². The Morgan fingerprint density at radius 1 is 1.16 bits per heavy atom. The molecule has 1 aliphatic carbocycles. The van der Waals surface area contributed by atoms with Crippen LogP contribution in [0.25, 0.3) is 0 Å². The van der Waals surface area contributed by atoms with Crippen molar-refractivity contribution in [2.75, 3.05) is 11.4 Å². The number of anilines is 1. The second-order valence-corrected chi connectivity index (χ2v) is 6.84. The number of fused-ring (bicyclic) bond motifs is 1. The van der Waals surface area contributed by atoms with Gasteiger partial charge in [-0.3, -0.25) is 0 Å². The number of rotatable bonds is 2. The van der Waals surface area contributed by atoms with E-state index < -0.39 is 0 Å². The van der Waals surface area contributed by atoms with Crippen LogP contribution >= 0.6 is 15.9 Å². The summed E-state index contributed by atoms with van der Waals surface area (Å²) in [7, 11) is 0. The fourth-order valence-corrected chi connectivity index (χ4v) is 4.25. The first-order chi connectivity index (χ1) is 9.29. The van der Waals surface area contributed by atoms with E-state index in [1.165, 1.54) is 56.3 Å². The Morgan fingerprint density at radius 3 is 2.79 bits per heavy atom. The summed E-state index contributed by atoms with van der Waals surface area (Å²) in [5.41, 5.74) is 8.59. The Balaban J connectivity index is 1.93. The van der Waals surface area contributed by atoms with Crippen molar-refractivity contribution in [2.45, 2.75) is 51.1 Å². The zero-order valence-corrected chi connectivity index (χ0v) is 13.0. The average Bonchev–Trinajstić information content (AvgIpc) is 2.46. The van der Waals surface area contributed by atoms with Crippen molar-refractivity contribution in [2.24, 2.45) is 11.7 Å². The number of piperidine rings is 1. The number of nitrogens with zero attached hydrogens (tertiary/aromatic N) is 1. The van der Waals surface area contributed by atoms with Gasteiger partial charge in [-0.25, -0.2) is 0 Å². The second-order valence-electron chi connectivity index (χ2n) is 5.92. The minimum Gasteiger partial charge on any atom is -0.368 e. The highest BCUT2D eigenvalue weighted by atomic mass is 79.9. The van der Waals surface area contributed by atoms with Crippen LogP contribution in [0.3, 0.4) is 0 Å². The van der Waals surface area contributed by atoms with Crippen molar-refractivity contribution in [3.8, 4) is 0 Å². The maximum Gasteiger partial charge on any atom is 0.0425 e. The van der Waals surface area contributed by atoms with Crippen LogP contribution in [-0.4, -0.2) is 12.6 Å². The summed E-state index contributed by atoms with van der Waals surface area (Å²) in [6.07, 6.45) is 8.36. The summed E-state index contributed by atoms with van der Waals surface area (Å²) in [5.74, 6) is 0.909. The topological polar surface area (TPSA) is 29.3 Å². The highest BCUT2D eigenvalue weighted by Gasteiger charge is 2.33. The molecule has 19 heavy (non-hydrogen) atoms. The van der Waals surface area contributed by atoms with Crippen molar-refractivity contribution in [3.05, 3.63) is 28.2 Å². The molecular formula is C16H23BrN2. The third-order valence-corrected chi connectivity index (χ3v) is 5.31. The minimum absolute atomic E-state index is 0.635. The Morgan fingerprint density at radius 2 is 1.95 bits per heavy atom. The Bertz CT molecular complexity index is 444. The molecular weight excluding hydrogens is 300 g/mol. The minimum atomic E-state index is 0.635. The first-order valence-corrected chi connectivity index (χ1v) is 8.34. The number of hydrogen-bond acceptors (Lipinski definition) is 2. The van der Waals surface area contributed by atoms with Crippen LogP contribution in [0.4, 0.5) is 5.69 Å². The molecule has 0 spiro atoms. The number of benzene rings is 1. The van der Waals surface area contributed by atoms with Gasteiger partial charge in [0.15, 0.2) is 0 Å². The summed E-state index contributed by atoms with van der Waals surface area (Å²) >= 11 is 3.61. The average molecular weight is 323 g/mol. The van der Waals surface area contributed by atoms with Gasteiger partial charge in [-0.1, -0.05) is 34.8 Å². The molecule has 2 N–H and O–H groups in total. The van der Waals surface area contributed by atoms with Gasteiger partial charge < -0.3 is 10.6 Å². The van der Waals surface area contributed by atoms with Gasteiger partial charge in [-0.15, -0.1) is 0 Å². The Hall–Kier alpha value is -0.540. The lowest BCUT2D eigenvalue weighted by atomic mass is 9.78. The molecule has 1 aromatic rings. The van der Waals surface area contributed by atoms with E-state index in [9.17, 15) is 0 Å². The fraction of sp³-hybridized carbons (Fsp3) is 0.625. The van der Waals surface area contributed by atoms with E-state index in [4.69, 9.17) is 5.73 Å². The summed E-state index contributed by atoms with van der Waals surface area (Å²) in [6.45, 7) is 1.83. The third-order valence-electron chi connectivity index (χ3n) is 4.82. The highest BCUT2D eigenvalue weighted by molar-refractivity contribution is 9.10. The van der Waals surface area contributed by atoms with E-state index in [0.29, 0.717) is 6.54 Å². The van der Waals surface area contributed by atoms with E-state index in [1.54, 1.807) is 0 Å². The Labute approximate surface area is 124 Å². The Kier molecular flexibility index (Phi) is 4.13. The van der Waals surface area contributed by atoms with Gasteiger partial charge in [-0.2, -0.15) is 0 Å². The first kappa shape index (κ1) is 13.4. The quantitative estimate of drug-likeness (QED) is 0.889. The molecule has 3 rings (SSSR count). The molecule has 1 heterocycles. The van der Waals surface area contributed by atoms with Crippen LogP contribution in [0.1, 0.15) is 44.1 Å². The summed E-state index contributed by atoms with van der Waals surface area (Å²) in [4.78, 5) is 2.65. The molecule has 2 atom stereocenters. The van der Waals surface area contributed by atoms with Crippen molar-refractivity contribution < 1.29 is 0 Å². The monoisotopic (exact) mass is 322 g/mol. The molecule has 0 amide bonds. The number of halogens is 1. The molecule has 1 aromatic carbocycles. The normalized spacial score (nSPS) is 27.2. The largest absolute Gasteiger partial charge is 0.368 e. The van der Waals surface area contributed by atoms with E-state index in [-0.39, 0.29) is 0 Å². The fourth-order valence-electron chi connectivity index (χ4n) is 3.90. The van der Waals surface area contributed by atoms with Gasteiger partial charge in [0.05, 0.1) is 0 Å². The molecule has 0 unspecified atom stereocenters. The molecule has 0 aromatic heterocycles. The number of nitrogens with two attached hydrogens (primary N) is 1. The van der Waals surface area contributed by atoms with Gasteiger partial charge in [-0.05, 0) is 49.3 Å². The van der Waals surface area contributed by atoms with Gasteiger partial charge in [0.1, 0.15) is 0 Å². The SMILES string of the molecule is NCc1ccc(Br)cc1N1CCC[C@H]2CCCC[C@H]21. The predicted octanol–water partition coefficient (Wildman–Crippen LogP) is 4.07. The van der Waals surface area contributed by atoms with Crippen molar-refractivity contribution in [3.63, 3.8) is 0 Å². The van der Waals surface area contributed by atoms with E-state index >= 15 is 0 Å². The molecule has 2 fully saturated rings. The maximum atomic E-state index is 5.93. The summed E-state index contributed by atoms with van der Waals surface area (Å²) < 4.78 is 1.16. The third kappa shape index (κ3) is 2.68. The molecule has 3 heteroatoms. The van der Waals surface area contributed by atoms with E-state index in [2.05, 4.69) is 39.0 Å². The molecule has 2 aliphatic rings. The lowest BCUT2D eigenvalue weighted by molar-refractivity contribution is 0.243. The van der Waals surface area contributed by atoms with Crippen molar-refractivity contribution in [1.82, 2.24) is 0 Å². The zero-order chi connectivity index (χ0) is 13.2. The summed E-state index contributed by atoms with van der Waals surface area (Å²) in [5, 5.41) is 0. The molecule has 2 nitrogen and oxygen atoms in total. The molecule has 1 aliphatic heterocycles. The van der Waals surface area contributed by atoms with Crippen LogP contribution < -0.4 is 10.6 Å². The number of hydrogen-bond donors (Lipinski definition) is 1. The summed E-state index contributed by atoms with van der Waals surface area (Å²) in [6, 6.07) is 7.29. The van der Waals surface area contributed by atoms with Gasteiger partial charge in [0, 0.05) is 29.3 Å². The smallest absolute Gasteiger partial charge is 0.0425 e. The van der Waals surface area contributed by atoms with Crippen LogP contribution in [0, 0.1) is 5.92 Å². The standard InChI is InChI=1S/C16H23BrN2/c17-14-8-7-13(11-18)16(10-14)19-9-3-5-12-4-1-2-6-15(12)19/h7-8,10,12,15H,1-6,9,11,18H2/t12-,15-/m1/s1. The van der Waals surface area contributed by atoms with Crippen LogP contribution in [0.5, 0.6) is 0 Å². The molecule has 0 bridgehead atoms. The molecule has 0 radical (unpaired) electrons.